The van der Waals surface area contributed by atoms with Gasteiger partial charge >= 0.3 is 5.97 Å². The van der Waals surface area contributed by atoms with Crippen LogP contribution < -0.4 is 5.56 Å². The number of hydrogen-bond acceptors (Lipinski definition) is 3. The minimum absolute atomic E-state index is 0.0368. The highest BCUT2D eigenvalue weighted by Crippen LogP contribution is 2.19. The maximum atomic E-state index is 11.7. The number of aromatic carboxylic acids is 1. The first kappa shape index (κ1) is 11.8. The second-order valence-corrected chi connectivity index (χ2v) is 3.64. The number of hydrogen-bond donors (Lipinski definition) is 2. The molecule has 0 aliphatic carbocycles. The Kier molecular flexibility index (Phi) is 3.05. The van der Waals surface area contributed by atoms with Crippen molar-refractivity contribution in [1.29, 1.82) is 0 Å². The van der Waals surface area contributed by atoms with Gasteiger partial charge in [-0.25, -0.2) is 4.79 Å². The maximum Gasteiger partial charge on any atom is 0.337 e. The number of carboxylic acids is 1. The van der Waals surface area contributed by atoms with Gasteiger partial charge in [0.25, 0.3) is 5.56 Å². The lowest BCUT2D eigenvalue weighted by Crippen LogP contribution is -2.12. The van der Waals surface area contributed by atoms with Crippen LogP contribution in [0.2, 0.25) is 0 Å². The van der Waals surface area contributed by atoms with Crippen molar-refractivity contribution in [2.75, 3.05) is 0 Å². The highest BCUT2D eigenvalue weighted by Gasteiger charge is 2.11. The lowest BCUT2D eigenvalue weighted by molar-refractivity contribution is 0.0696. The molecule has 0 fully saturated rings. The third-order valence-corrected chi connectivity index (χ3v) is 2.53. The number of aromatic nitrogens is 1. The van der Waals surface area contributed by atoms with Crippen molar-refractivity contribution in [3.05, 3.63) is 58.0 Å². The van der Waals surface area contributed by atoms with E-state index in [1.54, 1.807) is 24.3 Å². The van der Waals surface area contributed by atoms with Gasteiger partial charge in [0.15, 0.2) is 6.29 Å². The van der Waals surface area contributed by atoms with Crippen LogP contribution in [0.25, 0.3) is 11.1 Å². The predicted molar refractivity (Wildman–Crippen MR) is 64.8 cm³/mol. The summed E-state index contributed by atoms with van der Waals surface area (Å²) in [5.41, 5.74) is 0.444. The van der Waals surface area contributed by atoms with E-state index in [1.807, 2.05) is 0 Å². The molecule has 0 radical (unpaired) electrons. The molecule has 2 aromatic rings. The number of rotatable bonds is 3. The Balaban J connectivity index is 2.70. The number of benzene rings is 1. The van der Waals surface area contributed by atoms with Gasteiger partial charge in [-0.3, -0.25) is 9.59 Å². The minimum atomic E-state index is -1.14. The van der Waals surface area contributed by atoms with Crippen LogP contribution in [0.1, 0.15) is 20.7 Å². The molecular formula is C13H9NO4. The van der Waals surface area contributed by atoms with E-state index in [0.29, 0.717) is 17.4 Å². The lowest BCUT2D eigenvalue weighted by Gasteiger charge is -2.04. The molecule has 90 valence electrons. The Labute approximate surface area is 102 Å². The summed E-state index contributed by atoms with van der Waals surface area (Å²) >= 11 is 0. The summed E-state index contributed by atoms with van der Waals surface area (Å²) in [6.07, 6.45) is 1.75. The molecule has 0 bridgehead atoms. The first-order valence-electron chi connectivity index (χ1n) is 5.14. The van der Waals surface area contributed by atoms with E-state index < -0.39 is 11.5 Å². The quantitative estimate of drug-likeness (QED) is 0.800. The second kappa shape index (κ2) is 4.67. The average Bonchev–Trinajstić information content (AvgIpc) is 2.39. The topological polar surface area (TPSA) is 87.2 Å². The van der Waals surface area contributed by atoms with Crippen LogP contribution in [-0.2, 0) is 0 Å². The zero-order chi connectivity index (χ0) is 13.1. The van der Waals surface area contributed by atoms with E-state index in [0.717, 1.165) is 6.20 Å². The van der Waals surface area contributed by atoms with E-state index in [4.69, 9.17) is 5.11 Å². The first-order valence-corrected chi connectivity index (χ1v) is 5.14. The second-order valence-electron chi connectivity index (χ2n) is 3.64. The molecule has 2 rings (SSSR count). The fraction of sp³-hybridized carbons (Fsp3) is 0. The van der Waals surface area contributed by atoms with Crippen molar-refractivity contribution >= 4 is 12.3 Å². The number of carbonyl (C=O) groups excluding carboxylic acids is 1. The summed E-state index contributed by atoms with van der Waals surface area (Å²) in [6, 6.07) is 7.76. The molecule has 0 amide bonds. The number of H-pyrrole nitrogens is 1. The molecule has 1 heterocycles. The Bertz CT molecular complexity index is 673. The van der Waals surface area contributed by atoms with Crippen LogP contribution in [0.15, 0.2) is 41.3 Å². The summed E-state index contributed by atoms with van der Waals surface area (Å²) in [5.74, 6) is -1.14. The van der Waals surface area contributed by atoms with Crippen LogP contribution in [0.3, 0.4) is 0 Å². The molecule has 5 nitrogen and oxygen atoms in total. The standard InChI is InChI=1S/C13H9NO4/c15-7-8-3-1-2-4-10(8)11-5-9(13(17)18)6-14-12(11)16/h1-7H,(H,14,16)(H,17,18). The van der Waals surface area contributed by atoms with Crippen LogP contribution >= 0.6 is 0 Å². The third-order valence-electron chi connectivity index (χ3n) is 2.53. The van der Waals surface area contributed by atoms with Crippen molar-refractivity contribution in [2.24, 2.45) is 0 Å². The van der Waals surface area contributed by atoms with Crippen molar-refractivity contribution in [1.82, 2.24) is 4.98 Å². The Hall–Kier alpha value is -2.69. The van der Waals surface area contributed by atoms with E-state index in [-0.39, 0.29) is 11.1 Å². The van der Waals surface area contributed by atoms with Crippen molar-refractivity contribution < 1.29 is 14.7 Å². The van der Waals surface area contributed by atoms with Gasteiger partial charge in [0, 0.05) is 17.3 Å². The molecule has 0 saturated heterocycles. The molecule has 0 saturated carbocycles. The first-order chi connectivity index (χ1) is 8.63. The number of aromatic amines is 1. The molecule has 5 heteroatoms. The molecule has 1 aromatic carbocycles. The van der Waals surface area contributed by atoms with Gasteiger partial charge in [0.1, 0.15) is 0 Å². The van der Waals surface area contributed by atoms with Crippen molar-refractivity contribution in [3.8, 4) is 11.1 Å². The van der Waals surface area contributed by atoms with Gasteiger partial charge in [-0.1, -0.05) is 24.3 Å². The van der Waals surface area contributed by atoms with Crippen molar-refractivity contribution in [3.63, 3.8) is 0 Å². The largest absolute Gasteiger partial charge is 0.478 e. The fourth-order valence-corrected chi connectivity index (χ4v) is 1.65. The average molecular weight is 243 g/mol. The number of nitrogens with one attached hydrogen (secondary N) is 1. The zero-order valence-electron chi connectivity index (χ0n) is 9.21. The van der Waals surface area contributed by atoms with E-state index in [1.165, 1.54) is 6.07 Å². The van der Waals surface area contributed by atoms with Crippen LogP contribution in [0, 0.1) is 0 Å². The molecule has 0 unspecified atom stereocenters. The van der Waals surface area contributed by atoms with E-state index in [2.05, 4.69) is 4.98 Å². The number of carbonyl (C=O) groups is 2. The summed E-state index contributed by atoms with van der Waals surface area (Å²) in [7, 11) is 0. The van der Waals surface area contributed by atoms with Crippen molar-refractivity contribution in [2.45, 2.75) is 0 Å². The lowest BCUT2D eigenvalue weighted by atomic mass is 10.0. The molecule has 0 aliphatic rings. The summed E-state index contributed by atoms with van der Waals surface area (Å²) < 4.78 is 0. The third kappa shape index (κ3) is 2.06. The molecule has 0 spiro atoms. The van der Waals surface area contributed by atoms with Crippen LogP contribution in [0.4, 0.5) is 0 Å². The highest BCUT2D eigenvalue weighted by atomic mass is 16.4. The van der Waals surface area contributed by atoms with Gasteiger partial charge in [0.05, 0.1) is 5.56 Å². The molecule has 1 aromatic heterocycles. The molecule has 0 atom stereocenters. The smallest absolute Gasteiger partial charge is 0.337 e. The Morgan fingerprint density at radius 1 is 1.22 bits per heavy atom. The van der Waals surface area contributed by atoms with Gasteiger partial charge in [-0.2, -0.15) is 0 Å². The highest BCUT2D eigenvalue weighted by molar-refractivity contribution is 5.91. The number of aldehydes is 1. The van der Waals surface area contributed by atoms with Gasteiger partial charge < -0.3 is 10.1 Å². The van der Waals surface area contributed by atoms with E-state index in [9.17, 15) is 14.4 Å². The van der Waals surface area contributed by atoms with Crippen LogP contribution in [0.5, 0.6) is 0 Å². The normalized spacial score (nSPS) is 10.0. The SMILES string of the molecule is O=Cc1ccccc1-c1cc(C(=O)O)c[nH]c1=O. The Morgan fingerprint density at radius 3 is 2.61 bits per heavy atom. The van der Waals surface area contributed by atoms with E-state index >= 15 is 0 Å². The molecule has 0 aliphatic heterocycles. The van der Waals surface area contributed by atoms with Gasteiger partial charge in [0.2, 0.25) is 0 Å². The molecular weight excluding hydrogens is 234 g/mol. The summed E-state index contributed by atoms with van der Waals surface area (Å²) in [6.45, 7) is 0. The van der Waals surface area contributed by atoms with Crippen LogP contribution in [-0.4, -0.2) is 22.3 Å². The molecule has 18 heavy (non-hydrogen) atoms. The number of carboxylic acid groups (broad SMARTS) is 1. The number of pyridine rings is 1. The maximum absolute atomic E-state index is 11.7. The zero-order valence-corrected chi connectivity index (χ0v) is 9.21. The van der Waals surface area contributed by atoms with Gasteiger partial charge in [-0.05, 0) is 11.6 Å². The summed E-state index contributed by atoms with van der Waals surface area (Å²) in [5, 5.41) is 8.88. The molecule has 2 N–H and O–H groups in total. The predicted octanol–water partition coefficient (Wildman–Crippen LogP) is 1.55. The summed E-state index contributed by atoms with van der Waals surface area (Å²) in [4.78, 5) is 35.8. The fourth-order valence-electron chi connectivity index (χ4n) is 1.65. The van der Waals surface area contributed by atoms with Gasteiger partial charge in [-0.15, -0.1) is 0 Å². The minimum Gasteiger partial charge on any atom is -0.478 e. The monoisotopic (exact) mass is 243 g/mol. The Morgan fingerprint density at radius 2 is 1.94 bits per heavy atom.